The number of unbranched alkanes of at least 4 members (excludes halogenated alkanes) is 37. The average Bonchev–Trinajstić information content (AvgIpc) is 1.48. The lowest BCUT2D eigenvalue weighted by molar-refractivity contribution is -0.161. The molecule has 0 saturated carbocycles. The van der Waals surface area contributed by atoms with Crippen molar-refractivity contribution in [1.82, 2.24) is 0 Å². The van der Waals surface area contributed by atoms with Gasteiger partial charge in [-0.2, -0.15) is 0 Å². The van der Waals surface area contributed by atoms with E-state index in [1.165, 1.54) is 154 Å². The minimum atomic E-state index is -4.96. The molecule has 0 bridgehead atoms. The number of ether oxygens (including phenoxy) is 4. The first-order chi connectivity index (χ1) is 45.7. The predicted molar refractivity (Wildman–Crippen MR) is 386 cm³/mol. The Bertz CT molecular complexity index is 1950. The molecular formula is C76H144O17P2. The molecular weight excluding hydrogens is 1250 g/mol. The van der Waals surface area contributed by atoms with Crippen LogP contribution in [0.1, 0.15) is 363 Å². The molecule has 0 spiro atoms. The van der Waals surface area contributed by atoms with Gasteiger partial charge in [0, 0.05) is 25.7 Å². The number of esters is 4. The van der Waals surface area contributed by atoms with Gasteiger partial charge in [-0.15, -0.1) is 0 Å². The van der Waals surface area contributed by atoms with Crippen LogP contribution >= 0.6 is 15.6 Å². The number of aliphatic hydroxyl groups excluding tert-OH is 1. The van der Waals surface area contributed by atoms with Crippen molar-refractivity contribution in [2.75, 3.05) is 39.6 Å². The summed E-state index contributed by atoms with van der Waals surface area (Å²) in [5.41, 5.74) is 0. The number of carbonyl (C=O) groups is 4. The summed E-state index contributed by atoms with van der Waals surface area (Å²) >= 11 is 0. The quantitative estimate of drug-likeness (QED) is 0.0169. The Morgan fingerprint density at radius 3 is 0.853 bits per heavy atom. The molecule has 17 nitrogen and oxygen atoms in total. The Hall–Kier alpha value is -2.46. The molecule has 0 rings (SSSR count). The summed E-state index contributed by atoms with van der Waals surface area (Å²) in [6.07, 6.45) is 54.9. The number of hydrogen-bond donors (Lipinski definition) is 3. The number of phosphoric ester groups is 2. The second-order valence-electron chi connectivity index (χ2n) is 28.1. The molecule has 0 saturated heterocycles. The highest BCUT2D eigenvalue weighted by molar-refractivity contribution is 7.47. The fourth-order valence-corrected chi connectivity index (χ4v) is 12.6. The summed E-state index contributed by atoms with van der Waals surface area (Å²) in [6, 6.07) is 0. The molecule has 0 aliphatic rings. The number of hydrogen-bond acceptors (Lipinski definition) is 15. The number of phosphoric acid groups is 2. The Morgan fingerprint density at radius 2 is 0.568 bits per heavy atom. The molecule has 0 aliphatic heterocycles. The highest BCUT2D eigenvalue weighted by atomic mass is 31.2. The molecule has 19 heteroatoms. The van der Waals surface area contributed by atoms with E-state index in [0.29, 0.717) is 31.6 Å². The first kappa shape index (κ1) is 92.5. The molecule has 5 atom stereocenters. The van der Waals surface area contributed by atoms with Crippen LogP contribution in [0.15, 0.2) is 24.3 Å². The highest BCUT2D eigenvalue weighted by Crippen LogP contribution is 2.45. The topological polar surface area (TPSA) is 237 Å². The van der Waals surface area contributed by atoms with Crippen LogP contribution in [0.5, 0.6) is 0 Å². The standard InChI is InChI=1S/C76H144O17P2/c1-8-9-10-11-12-13-14-15-16-19-25-30-37-45-52-59-75(80)93-72(64-87-74(79)58-51-44-39-32-35-42-49-56-69(6)7)66-91-95(84,85)89-62-70(77)61-88-94(82,83)90-65-71(92-76(81)60-53-46-38-31-26-21-23-28-34-41-48-55-68(4)5)63-86-73(78)57-50-43-36-29-24-20-17-18-22-27-33-40-47-54-67(2)3/h13-16,67-72,77H,8-12,17-66H2,1-7H3,(H,82,83)(H,84,85)/b14-13-,16-15-/t70?,71-,72-/m1/s1. The maximum absolute atomic E-state index is 13.1. The third-order valence-corrected chi connectivity index (χ3v) is 18.9. The van der Waals surface area contributed by atoms with E-state index >= 15 is 0 Å². The van der Waals surface area contributed by atoms with Crippen LogP contribution in [0.25, 0.3) is 0 Å². The SMILES string of the molecule is CCCCCC/C=C\C=C/CCCCCCCC(=O)O[C@H](COC(=O)CCCCCCCCCC(C)C)COP(=O)(O)OCC(O)COP(=O)(O)OC[C@@H](COC(=O)CCCCCCCCCCCCCCCC(C)C)OC(=O)CCCCCCCCCCCCCC(C)C. The largest absolute Gasteiger partial charge is 0.472 e. The summed E-state index contributed by atoms with van der Waals surface area (Å²) in [7, 11) is -9.93. The fourth-order valence-electron chi connectivity index (χ4n) is 11.1. The van der Waals surface area contributed by atoms with Crippen molar-refractivity contribution >= 4 is 39.5 Å². The van der Waals surface area contributed by atoms with Gasteiger partial charge in [-0.1, -0.05) is 310 Å². The van der Waals surface area contributed by atoms with Crippen molar-refractivity contribution in [2.45, 2.75) is 381 Å². The molecule has 0 heterocycles. The van der Waals surface area contributed by atoms with E-state index < -0.39 is 97.5 Å². The third kappa shape index (κ3) is 69.8. The number of carbonyl (C=O) groups excluding carboxylic acids is 4. The monoisotopic (exact) mass is 1390 g/mol. The van der Waals surface area contributed by atoms with Crippen LogP contribution < -0.4 is 0 Å². The lowest BCUT2D eigenvalue weighted by Crippen LogP contribution is -2.30. The minimum Gasteiger partial charge on any atom is -0.462 e. The van der Waals surface area contributed by atoms with Gasteiger partial charge in [-0.25, -0.2) is 9.13 Å². The highest BCUT2D eigenvalue weighted by Gasteiger charge is 2.30. The van der Waals surface area contributed by atoms with Gasteiger partial charge in [0.25, 0.3) is 0 Å². The van der Waals surface area contributed by atoms with E-state index in [1.54, 1.807) is 0 Å². The summed E-state index contributed by atoms with van der Waals surface area (Å²) in [4.78, 5) is 72.8. The molecule has 560 valence electrons. The van der Waals surface area contributed by atoms with Crippen molar-refractivity contribution in [3.05, 3.63) is 24.3 Å². The van der Waals surface area contributed by atoms with Crippen LogP contribution in [0.2, 0.25) is 0 Å². The summed E-state index contributed by atoms with van der Waals surface area (Å²) in [5.74, 6) is 0.106. The first-order valence-electron chi connectivity index (χ1n) is 38.7. The molecule has 0 aromatic carbocycles. The zero-order valence-electron chi connectivity index (χ0n) is 61.6. The van der Waals surface area contributed by atoms with Gasteiger partial charge in [0.1, 0.15) is 19.3 Å². The van der Waals surface area contributed by atoms with Crippen molar-refractivity contribution in [3.63, 3.8) is 0 Å². The van der Waals surface area contributed by atoms with Gasteiger partial charge in [-0.05, 0) is 69.1 Å². The van der Waals surface area contributed by atoms with Crippen LogP contribution in [-0.4, -0.2) is 96.7 Å². The smallest absolute Gasteiger partial charge is 0.462 e. The van der Waals surface area contributed by atoms with Crippen molar-refractivity contribution in [1.29, 1.82) is 0 Å². The van der Waals surface area contributed by atoms with Gasteiger partial charge in [0.2, 0.25) is 0 Å². The van der Waals surface area contributed by atoms with E-state index in [9.17, 15) is 43.2 Å². The van der Waals surface area contributed by atoms with Crippen LogP contribution in [-0.2, 0) is 65.4 Å². The molecule has 3 unspecified atom stereocenters. The zero-order chi connectivity index (χ0) is 70.1. The van der Waals surface area contributed by atoms with E-state index in [2.05, 4.69) is 72.8 Å². The van der Waals surface area contributed by atoms with Crippen molar-refractivity contribution < 1.29 is 80.2 Å². The Labute approximate surface area is 580 Å². The average molecular weight is 1390 g/mol. The van der Waals surface area contributed by atoms with Gasteiger partial charge in [0.05, 0.1) is 26.4 Å². The van der Waals surface area contributed by atoms with Gasteiger partial charge in [0.15, 0.2) is 12.2 Å². The first-order valence-corrected chi connectivity index (χ1v) is 41.7. The van der Waals surface area contributed by atoms with Gasteiger partial charge >= 0.3 is 39.5 Å². The van der Waals surface area contributed by atoms with Crippen molar-refractivity contribution in [2.24, 2.45) is 17.8 Å². The molecule has 3 N–H and O–H groups in total. The Morgan fingerprint density at radius 1 is 0.326 bits per heavy atom. The number of rotatable bonds is 72. The lowest BCUT2D eigenvalue weighted by Gasteiger charge is -2.21. The Kier molecular flexibility index (Phi) is 64.4. The molecule has 0 amide bonds. The van der Waals surface area contributed by atoms with E-state index in [1.807, 2.05) is 0 Å². The molecule has 95 heavy (non-hydrogen) atoms. The lowest BCUT2D eigenvalue weighted by atomic mass is 10.0. The van der Waals surface area contributed by atoms with Crippen molar-refractivity contribution in [3.8, 4) is 0 Å². The van der Waals surface area contributed by atoms with Gasteiger partial charge < -0.3 is 33.8 Å². The molecule has 0 radical (unpaired) electrons. The fraction of sp³-hybridized carbons (Fsp3) is 0.895. The summed E-state index contributed by atoms with van der Waals surface area (Å²) in [5, 5.41) is 10.6. The Balaban J connectivity index is 5.28. The maximum atomic E-state index is 13.1. The molecule has 0 fully saturated rings. The van der Waals surface area contributed by atoms with Crippen LogP contribution in [0.4, 0.5) is 0 Å². The number of aliphatic hydroxyl groups is 1. The van der Waals surface area contributed by atoms with Crippen LogP contribution in [0, 0.1) is 17.8 Å². The maximum Gasteiger partial charge on any atom is 0.472 e. The molecule has 0 aromatic rings. The minimum absolute atomic E-state index is 0.0840. The predicted octanol–water partition coefficient (Wildman–Crippen LogP) is 21.7. The normalized spacial score (nSPS) is 14.2. The summed E-state index contributed by atoms with van der Waals surface area (Å²) in [6.45, 7) is 11.8. The van der Waals surface area contributed by atoms with E-state index in [-0.39, 0.29) is 25.7 Å². The third-order valence-electron chi connectivity index (χ3n) is 17.0. The zero-order valence-corrected chi connectivity index (χ0v) is 63.4. The van der Waals surface area contributed by atoms with Gasteiger partial charge in [-0.3, -0.25) is 37.3 Å². The second kappa shape index (κ2) is 66.1. The number of allylic oxidation sites excluding steroid dienone is 4. The van der Waals surface area contributed by atoms with E-state index in [0.717, 1.165) is 121 Å². The molecule has 0 aromatic heterocycles. The second-order valence-corrected chi connectivity index (χ2v) is 31.0. The molecule has 0 aliphatic carbocycles. The van der Waals surface area contributed by atoms with E-state index in [4.69, 9.17) is 37.0 Å². The van der Waals surface area contributed by atoms with Crippen LogP contribution in [0.3, 0.4) is 0 Å². The summed E-state index contributed by atoms with van der Waals surface area (Å²) < 4.78 is 68.5.